The minimum Gasteiger partial charge on any atom is -0.369 e. The van der Waals surface area contributed by atoms with Crippen molar-refractivity contribution in [1.29, 1.82) is 0 Å². The summed E-state index contributed by atoms with van der Waals surface area (Å²) in [6.07, 6.45) is 7.27. The molecule has 0 saturated heterocycles. The first kappa shape index (κ1) is 20.2. The Bertz CT molecular complexity index is 988. The lowest BCUT2D eigenvalue weighted by Gasteiger charge is -2.38. The number of hydrogen-bond donors (Lipinski definition) is 4. The van der Waals surface area contributed by atoms with Crippen LogP contribution in [-0.2, 0) is 4.79 Å². The predicted octanol–water partition coefficient (Wildman–Crippen LogP) is 3.77. The third kappa shape index (κ3) is 4.21. The van der Waals surface area contributed by atoms with Crippen molar-refractivity contribution in [1.82, 2.24) is 9.97 Å². The van der Waals surface area contributed by atoms with Crippen LogP contribution in [0.15, 0.2) is 30.5 Å². The van der Waals surface area contributed by atoms with Crippen LogP contribution in [0, 0.1) is 5.92 Å². The Morgan fingerprint density at radius 3 is 2.74 bits per heavy atom. The van der Waals surface area contributed by atoms with Crippen LogP contribution in [0.3, 0.4) is 0 Å². The third-order valence-corrected chi connectivity index (χ3v) is 6.85. The van der Waals surface area contributed by atoms with Gasteiger partial charge in [-0.05, 0) is 63.6 Å². The SMILES string of the molecule is CC1(Nc2ncc3c(n2)N([C@H]2CC[C@H](C(N)=O)CC2)C(Nc2cccc(Cl)c2)N3)CC1. The van der Waals surface area contributed by atoms with E-state index in [-0.39, 0.29) is 29.7 Å². The van der Waals surface area contributed by atoms with Crippen LogP contribution in [0.25, 0.3) is 0 Å². The second kappa shape index (κ2) is 7.75. The van der Waals surface area contributed by atoms with Crippen LogP contribution in [0.5, 0.6) is 0 Å². The molecule has 1 aromatic heterocycles. The summed E-state index contributed by atoms with van der Waals surface area (Å²) in [6.45, 7) is 2.19. The number of hydrogen-bond acceptors (Lipinski definition) is 7. The van der Waals surface area contributed by atoms with Crippen molar-refractivity contribution in [2.45, 2.75) is 63.3 Å². The van der Waals surface area contributed by atoms with Gasteiger partial charge in [0.05, 0.1) is 11.9 Å². The number of rotatable bonds is 6. The number of benzene rings is 1. The van der Waals surface area contributed by atoms with Crippen LogP contribution in [0.1, 0.15) is 45.4 Å². The monoisotopic (exact) mass is 441 g/mol. The maximum Gasteiger partial charge on any atom is 0.225 e. The summed E-state index contributed by atoms with van der Waals surface area (Å²) in [6, 6.07) is 7.91. The first-order valence-electron chi connectivity index (χ1n) is 10.9. The number of anilines is 4. The van der Waals surface area contributed by atoms with Crippen molar-refractivity contribution in [2.75, 3.05) is 20.9 Å². The van der Waals surface area contributed by atoms with Gasteiger partial charge in [0.1, 0.15) is 0 Å². The Morgan fingerprint density at radius 1 is 1.29 bits per heavy atom. The molecule has 0 spiro atoms. The third-order valence-electron chi connectivity index (χ3n) is 6.62. The first-order valence-corrected chi connectivity index (χ1v) is 11.3. The van der Waals surface area contributed by atoms with Crippen LogP contribution in [0.2, 0.25) is 5.02 Å². The molecule has 9 heteroatoms. The zero-order valence-corrected chi connectivity index (χ0v) is 18.3. The molecule has 5 N–H and O–H groups in total. The molecule has 164 valence electrons. The molecule has 2 fully saturated rings. The lowest BCUT2D eigenvalue weighted by atomic mass is 9.85. The normalized spacial score (nSPS) is 26.0. The van der Waals surface area contributed by atoms with E-state index in [4.69, 9.17) is 22.3 Å². The van der Waals surface area contributed by atoms with Gasteiger partial charge in [-0.15, -0.1) is 0 Å². The van der Waals surface area contributed by atoms with Crippen molar-refractivity contribution in [3.8, 4) is 0 Å². The fourth-order valence-electron chi connectivity index (χ4n) is 4.52. The maximum absolute atomic E-state index is 11.6. The molecule has 2 saturated carbocycles. The van der Waals surface area contributed by atoms with E-state index in [2.05, 4.69) is 32.8 Å². The van der Waals surface area contributed by atoms with Gasteiger partial charge in [0.2, 0.25) is 11.9 Å². The van der Waals surface area contributed by atoms with E-state index in [0.29, 0.717) is 11.0 Å². The Balaban J connectivity index is 1.42. The van der Waals surface area contributed by atoms with E-state index >= 15 is 0 Å². The van der Waals surface area contributed by atoms with E-state index in [1.54, 1.807) is 0 Å². The quantitative estimate of drug-likeness (QED) is 0.540. The van der Waals surface area contributed by atoms with Gasteiger partial charge in [-0.1, -0.05) is 17.7 Å². The van der Waals surface area contributed by atoms with Crippen molar-refractivity contribution in [3.05, 3.63) is 35.5 Å². The summed E-state index contributed by atoms with van der Waals surface area (Å²) in [5.74, 6) is 1.30. The molecule has 8 nitrogen and oxygen atoms in total. The van der Waals surface area contributed by atoms with E-state index in [1.807, 2.05) is 30.5 Å². The number of amides is 1. The zero-order chi connectivity index (χ0) is 21.6. The first-order chi connectivity index (χ1) is 14.9. The fourth-order valence-corrected chi connectivity index (χ4v) is 4.71. The largest absolute Gasteiger partial charge is 0.369 e. The van der Waals surface area contributed by atoms with Gasteiger partial charge in [-0.2, -0.15) is 4.98 Å². The summed E-state index contributed by atoms with van der Waals surface area (Å²) >= 11 is 6.19. The minimum absolute atomic E-state index is 0.0388. The lowest BCUT2D eigenvalue weighted by Crippen LogP contribution is -2.50. The number of nitrogens with two attached hydrogens (primary N) is 1. The van der Waals surface area contributed by atoms with Gasteiger partial charge in [-0.25, -0.2) is 4.98 Å². The molecule has 2 aliphatic carbocycles. The molecular weight excluding hydrogens is 414 g/mol. The van der Waals surface area contributed by atoms with Crippen molar-refractivity contribution >= 4 is 40.6 Å². The summed E-state index contributed by atoms with van der Waals surface area (Å²) < 4.78 is 0. The molecule has 1 aliphatic heterocycles. The number of halogens is 1. The molecule has 31 heavy (non-hydrogen) atoms. The Labute approximate surface area is 187 Å². The molecule has 0 radical (unpaired) electrons. The van der Waals surface area contributed by atoms with Crippen LogP contribution in [0.4, 0.5) is 23.1 Å². The lowest BCUT2D eigenvalue weighted by molar-refractivity contribution is -0.122. The van der Waals surface area contributed by atoms with Crippen LogP contribution < -0.4 is 26.6 Å². The highest BCUT2D eigenvalue weighted by molar-refractivity contribution is 6.30. The maximum atomic E-state index is 11.6. The molecule has 1 amide bonds. The number of primary amides is 1. The summed E-state index contributed by atoms with van der Waals surface area (Å²) in [4.78, 5) is 23.3. The zero-order valence-electron chi connectivity index (χ0n) is 17.6. The van der Waals surface area contributed by atoms with E-state index < -0.39 is 0 Å². The molecule has 2 aromatic rings. The summed E-state index contributed by atoms with van der Waals surface area (Å²) in [7, 11) is 0. The second-order valence-electron chi connectivity index (χ2n) is 9.13. The van der Waals surface area contributed by atoms with Gasteiger partial charge in [0.15, 0.2) is 12.1 Å². The van der Waals surface area contributed by atoms with Gasteiger partial charge in [-0.3, -0.25) is 4.79 Å². The van der Waals surface area contributed by atoms with Gasteiger partial charge < -0.3 is 26.6 Å². The summed E-state index contributed by atoms with van der Waals surface area (Å²) in [5, 5.41) is 11.2. The molecule has 1 atom stereocenters. The average Bonchev–Trinajstić information content (AvgIpc) is 3.35. The van der Waals surface area contributed by atoms with Crippen LogP contribution in [-0.4, -0.2) is 33.7 Å². The van der Waals surface area contributed by atoms with Gasteiger partial charge in [0, 0.05) is 28.2 Å². The number of carbonyl (C=O) groups is 1. The number of aromatic nitrogens is 2. The highest BCUT2D eigenvalue weighted by Crippen LogP contribution is 2.41. The van der Waals surface area contributed by atoms with Gasteiger partial charge in [0.25, 0.3) is 0 Å². The Kier molecular flexibility index (Phi) is 5.04. The number of nitrogens with one attached hydrogen (secondary N) is 3. The van der Waals surface area contributed by atoms with E-state index in [1.165, 1.54) is 0 Å². The van der Waals surface area contributed by atoms with Gasteiger partial charge >= 0.3 is 0 Å². The molecule has 5 rings (SSSR count). The van der Waals surface area contributed by atoms with Crippen molar-refractivity contribution < 1.29 is 4.79 Å². The van der Waals surface area contributed by atoms with E-state index in [9.17, 15) is 4.79 Å². The summed E-state index contributed by atoms with van der Waals surface area (Å²) in [5.41, 5.74) is 7.47. The predicted molar refractivity (Wildman–Crippen MR) is 123 cm³/mol. The molecule has 3 aliphatic rings. The molecule has 0 bridgehead atoms. The molecule has 1 unspecified atom stereocenters. The average molecular weight is 442 g/mol. The Morgan fingerprint density at radius 2 is 2.06 bits per heavy atom. The molecular formula is C22H28ClN7O. The topological polar surface area (TPSA) is 108 Å². The van der Waals surface area contributed by atoms with Crippen LogP contribution >= 0.6 is 11.6 Å². The second-order valence-corrected chi connectivity index (χ2v) is 9.57. The number of fused-ring (bicyclic) bond motifs is 1. The molecule has 2 heterocycles. The fraction of sp³-hybridized carbons (Fsp3) is 0.500. The van der Waals surface area contributed by atoms with Crippen molar-refractivity contribution in [3.63, 3.8) is 0 Å². The van der Waals surface area contributed by atoms with E-state index in [0.717, 1.165) is 55.7 Å². The van der Waals surface area contributed by atoms with Crippen molar-refractivity contribution in [2.24, 2.45) is 11.7 Å². The highest BCUT2D eigenvalue weighted by Gasteiger charge is 2.40. The molecule has 1 aromatic carbocycles. The number of nitrogens with zero attached hydrogens (tertiary/aromatic N) is 3. The standard InChI is InChI=1S/C22H28ClN7O/c1-22(9-10-22)29-20-25-12-17-19(28-20)30(16-7-5-13(6-8-16)18(24)31)21(27-17)26-15-4-2-3-14(23)11-15/h2-4,11-13,16,21,26-27H,5-10H2,1H3,(H2,24,31)(H,25,28,29)/t13-,16-,21?. The smallest absolute Gasteiger partial charge is 0.225 e. The minimum atomic E-state index is -0.196. The Hall–Kier alpha value is -2.74. The highest BCUT2D eigenvalue weighted by atomic mass is 35.5. The number of carbonyl (C=O) groups excluding carboxylic acids is 1.